The largest absolute Gasteiger partial charge is 0.353 e. The van der Waals surface area contributed by atoms with Gasteiger partial charge in [-0.05, 0) is 69.9 Å². The minimum Gasteiger partial charge on any atom is -0.353 e. The number of anilines is 2. The van der Waals surface area contributed by atoms with E-state index in [1.54, 1.807) is 0 Å². The molecule has 3 heterocycles. The Hall–Kier alpha value is -3.86. The first-order valence-corrected chi connectivity index (χ1v) is 11.8. The lowest BCUT2D eigenvalue weighted by molar-refractivity contribution is 0.823. The Bertz CT molecular complexity index is 1280. The lowest BCUT2D eigenvalue weighted by atomic mass is 10.0. The second kappa shape index (κ2) is 8.49. The van der Waals surface area contributed by atoms with Crippen LogP contribution < -0.4 is 25.8 Å². The van der Waals surface area contributed by atoms with Gasteiger partial charge in [-0.2, -0.15) is 0 Å². The molecule has 5 nitrogen and oxygen atoms in total. The highest BCUT2D eigenvalue weighted by Crippen LogP contribution is 2.34. The van der Waals surface area contributed by atoms with Crippen LogP contribution in [0.3, 0.4) is 0 Å². The number of nitrogens with zero attached hydrogens (tertiary/aromatic N) is 2. The third-order valence-corrected chi connectivity index (χ3v) is 6.55. The Labute approximate surface area is 202 Å². The highest BCUT2D eigenvalue weighted by Gasteiger charge is 2.26. The maximum Gasteiger partial charge on any atom is 0.138 e. The van der Waals surface area contributed by atoms with Gasteiger partial charge in [0.1, 0.15) is 11.6 Å². The van der Waals surface area contributed by atoms with Gasteiger partial charge in [0.05, 0.1) is 22.8 Å². The normalized spacial score (nSPS) is 21.2. The molecule has 0 saturated heterocycles. The summed E-state index contributed by atoms with van der Waals surface area (Å²) in [6.45, 7) is 13.0. The van der Waals surface area contributed by atoms with Crippen molar-refractivity contribution in [3.63, 3.8) is 0 Å². The number of aryl methyl sites for hydroxylation is 6. The fourth-order valence-electron chi connectivity index (χ4n) is 5.43. The zero-order chi connectivity index (χ0) is 24.0. The molecule has 5 heteroatoms. The molecule has 0 aromatic heterocycles. The van der Waals surface area contributed by atoms with Crippen LogP contribution in [0.15, 0.2) is 84.3 Å². The van der Waals surface area contributed by atoms with Crippen LogP contribution in [0.1, 0.15) is 39.8 Å². The average molecular weight is 452 g/mol. The van der Waals surface area contributed by atoms with Gasteiger partial charge in [0.2, 0.25) is 0 Å². The predicted molar refractivity (Wildman–Crippen MR) is 142 cm³/mol. The molecule has 5 rings (SSSR count). The van der Waals surface area contributed by atoms with Crippen molar-refractivity contribution in [1.82, 2.24) is 16.0 Å². The van der Waals surface area contributed by atoms with Crippen molar-refractivity contribution in [2.24, 2.45) is 0 Å². The summed E-state index contributed by atoms with van der Waals surface area (Å²) < 4.78 is 0. The highest BCUT2D eigenvalue weighted by molar-refractivity contribution is 5.69. The Morgan fingerprint density at radius 2 is 1.12 bits per heavy atom. The lowest BCUT2D eigenvalue weighted by Crippen LogP contribution is -2.31. The molecule has 0 atom stereocenters. The molecule has 3 N–H and O–H groups in total. The maximum atomic E-state index is 3.72. The molecular weight excluding hydrogens is 418 g/mol. The standard InChI is InChI=1S/C29H33N5/c1-18-14-20(3)26(21(4)15-18)33-12-10-30-28(33)24-8-7-9-25(32-24)29-31-11-13-34(29)27-22(5)16-19(2)17-23(27)6/h7-8,10-17,30-32H,9H2,1-6H3. The molecule has 0 aliphatic carbocycles. The Morgan fingerprint density at radius 3 is 1.65 bits per heavy atom. The van der Waals surface area contributed by atoms with Crippen LogP contribution in [0, 0.1) is 41.5 Å². The fourth-order valence-corrected chi connectivity index (χ4v) is 5.43. The molecule has 0 amide bonds. The third-order valence-electron chi connectivity index (χ3n) is 6.55. The molecule has 174 valence electrons. The van der Waals surface area contributed by atoms with Crippen molar-refractivity contribution >= 4 is 11.4 Å². The van der Waals surface area contributed by atoms with Crippen LogP contribution in [-0.4, -0.2) is 0 Å². The minimum atomic E-state index is 0.831. The molecule has 3 aliphatic rings. The summed E-state index contributed by atoms with van der Waals surface area (Å²) in [4.78, 5) is 4.51. The first-order chi connectivity index (χ1) is 16.3. The molecule has 0 unspecified atom stereocenters. The van der Waals surface area contributed by atoms with Gasteiger partial charge >= 0.3 is 0 Å². The van der Waals surface area contributed by atoms with Gasteiger partial charge in [0, 0.05) is 31.2 Å². The van der Waals surface area contributed by atoms with Crippen LogP contribution in [-0.2, 0) is 0 Å². The van der Waals surface area contributed by atoms with E-state index in [2.05, 4.69) is 116 Å². The zero-order valence-electron chi connectivity index (χ0n) is 20.9. The SMILES string of the molecule is Cc1cc(C)c(N2C=CNC2=C2C=CCC(=C3NC=CN3c3c(C)cc(C)cc3C)N2)c(C)c1. The number of benzene rings is 2. The van der Waals surface area contributed by atoms with Crippen LogP contribution in [0.25, 0.3) is 0 Å². The van der Waals surface area contributed by atoms with Crippen molar-refractivity contribution in [3.05, 3.63) is 118 Å². The van der Waals surface area contributed by atoms with Crippen LogP contribution in [0.2, 0.25) is 0 Å². The fraction of sp³-hybridized carbons (Fsp3) is 0.241. The van der Waals surface area contributed by atoms with Gasteiger partial charge in [-0.1, -0.05) is 41.5 Å². The molecule has 34 heavy (non-hydrogen) atoms. The Balaban J connectivity index is 1.53. The molecule has 0 bridgehead atoms. The Morgan fingerprint density at radius 1 is 0.647 bits per heavy atom. The summed E-state index contributed by atoms with van der Waals surface area (Å²) in [5.41, 5.74) is 12.3. The summed E-state index contributed by atoms with van der Waals surface area (Å²) in [6, 6.07) is 8.98. The first kappa shape index (κ1) is 22.0. The lowest BCUT2D eigenvalue weighted by Gasteiger charge is -2.29. The maximum absolute atomic E-state index is 3.72. The van der Waals surface area contributed by atoms with Crippen molar-refractivity contribution in [3.8, 4) is 0 Å². The third kappa shape index (κ3) is 3.77. The molecule has 3 aliphatic heterocycles. The zero-order valence-corrected chi connectivity index (χ0v) is 20.9. The van der Waals surface area contributed by atoms with E-state index >= 15 is 0 Å². The second-order valence-electron chi connectivity index (χ2n) is 9.48. The topological polar surface area (TPSA) is 42.6 Å². The van der Waals surface area contributed by atoms with E-state index in [-0.39, 0.29) is 0 Å². The van der Waals surface area contributed by atoms with Crippen molar-refractivity contribution in [2.45, 2.75) is 48.0 Å². The van der Waals surface area contributed by atoms with Gasteiger partial charge in [-0.3, -0.25) is 9.80 Å². The van der Waals surface area contributed by atoms with E-state index in [1.165, 1.54) is 44.8 Å². The highest BCUT2D eigenvalue weighted by atomic mass is 15.3. The minimum absolute atomic E-state index is 0.831. The van der Waals surface area contributed by atoms with E-state index in [0.717, 1.165) is 29.5 Å². The molecule has 0 saturated carbocycles. The van der Waals surface area contributed by atoms with Gasteiger partial charge in [0.15, 0.2) is 0 Å². The van der Waals surface area contributed by atoms with Gasteiger partial charge in [-0.25, -0.2) is 0 Å². The van der Waals surface area contributed by atoms with Crippen LogP contribution in [0.5, 0.6) is 0 Å². The average Bonchev–Trinajstić information content (AvgIpc) is 3.43. The van der Waals surface area contributed by atoms with Crippen molar-refractivity contribution in [1.29, 1.82) is 0 Å². The molecular formula is C29H33N5. The first-order valence-electron chi connectivity index (χ1n) is 11.8. The molecule has 0 fully saturated rings. The van der Waals surface area contributed by atoms with Crippen LogP contribution in [0.4, 0.5) is 11.4 Å². The molecule has 0 spiro atoms. The number of rotatable bonds is 2. The summed E-state index contributed by atoms with van der Waals surface area (Å²) in [7, 11) is 0. The van der Waals surface area contributed by atoms with Gasteiger partial charge in [-0.15, -0.1) is 0 Å². The van der Waals surface area contributed by atoms with Gasteiger partial charge < -0.3 is 16.0 Å². The number of hydrogen-bond donors (Lipinski definition) is 3. The summed E-state index contributed by atoms with van der Waals surface area (Å²) in [5, 5.41) is 10.7. The van der Waals surface area contributed by atoms with E-state index in [9.17, 15) is 0 Å². The van der Waals surface area contributed by atoms with E-state index < -0.39 is 0 Å². The number of hydrogen-bond acceptors (Lipinski definition) is 5. The quantitative estimate of drug-likeness (QED) is 0.532. The van der Waals surface area contributed by atoms with Crippen molar-refractivity contribution in [2.75, 3.05) is 9.80 Å². The molecule has 2 aromatic rings. The van der Waals surface area contributed by atoms with Gasteiger partial charge in [0.25, 0.3) is 0 Å². The van der Waals surface area contributed by atoms with Crippen LogP contribution >= 0.6 is 0 Å². The van der Waals surface area contributed by atoms with E-state index in [1.807, 2.05) is 12.4 Å². The predicted octanol–water partition coefficient (Wildman–Crippen LogP) is 5.89. The summed E-state index contributed by atoms with van der Waals surface area (Å²) in [5.74, 6) is 2.10. The molecule has 2 aromatic carbocycles. The summed E-state index contributed by atoms with van der Waals surface area (Å²) in [6.07, 6.45) is 13.4. The number of nitrogens with one attached hydrogen (secondary N) is 3. The van der Waals surface area contributed by atoms with E-state index in [4.69, 9.17) is 0 Å². The summed E-state index contributed by atoms with van der Waals surface area (Å²) >= 11 is 0. The number of allylic oxidation sites excluding steroid dienone is 2. The smallest absolute Gasteiger partial charge is 0.138 e. The van der Waals surface area contributed by atoms with E-state index in [0.29, 0.717) is 0 Å². The monoisotopic (exact) mass is 451 g/mol. The second-order valence-corrected chi connectivity index (χ2v) is 9.48. The molecule has 0 radical (unpaired) electrons. The Kier molecular flexibility index (Phi) is 5.48. The van der Waals surface area contributed by atoms with Crippen molar-refractivity contribution < 1.29 is 0 Å².